The van der Waals surface area contributed by atoms with Crippen molar-refractivity contribution in [3.8, 4) is 0 Å². The maximum Gasteiger partial charge on any atom is 0.239 e. The Morgan fingerprint density at radius 3 is 2.67 bits per heavy atom. The van der Waals surface area contributed by atoms with Crippen molar-refractivity contribution >= 4 is 5.91 Å². The van der Waals surface area contributed by atoms with Crippen molar-refractivity contribution in [1.82, 2.24) is 9.80 Å². The first-order valence-electron chi connectivity index (χ1n) is 8.06. The lowest BCUT2D eigenvalue weighted by molar-refractivity contribution is -0.138. The highest BCUT2D eigenvalue weighted by molar-refractivity contribution is 5.82. The number of carbonyl (C=O) groups is 1. The van der Waals surface area contributed by atoms with Crippen LogP contribution in [0.25, 0.3) is 0 Å². The molecule has 4 heteroatoms. The highest BCUT2D eigenvalue weighted by Gasteiger charge is 2.33. The molecule has 2 heterocycles. The number of nitrogens with zero attached hydrogens (tertiary/aromatic N) is 2. The fraction of sp³-hybridized carbons (Fsp3) is 0.588. The zero-order chi connectivity index (χ0) is 14.7. The summed E-state index contributed by atoms with van der Waals surface area (Å²) in [4.78, 5) is 16.8. The van der Waals surface area contributed by atoms with E-state index in [9.17, 15) is 4.79 Å². The van der Waals surface area contributed by atoms with Crippen LogP contribution in [0.3, 0.4) is 0 Å². The topological polar surface area (TPSA) is 49.6 Å². The van der Waals surface area contributed by atoms with E-state index in [0.717, 1.165) is 51.9 Å². The maximum absolute atomic E-state index is 12.3. The van der Waals surface area contributed by atoms with Gasteiger partial charge < -0.3 is 10.6 Å². The van der Waals surface area contributed by atoms with Crippen molar-refractivity contribution in [1.29, 1.82) is 0 Å². The number of likely N-dealkylation sites (tertiary alicyclic amines) is 2. The minimum Gasteiger partial charge on any atom is -0.337 e. The number of hydrogen-bond acceptors (Lipinski definition) is 3. The number of rotatable bonds is 3. The van der Waals surface area contributed by atoms with E-state index in [1.165, 1.54) is 5.56 Å². The monoisotopic (exact) mass is 287 g/mol. The fourth-order valence-electron chi connectivity index (χ4n) is 3.56. The summed E-state index contributed by atoms with van der Waals surface area (Å²) in [6.07, 6.45) is 4.16. The molecule has 0 radical (unpaired) electrons. The van der Waals surface area contributed by atoms with Gasteiger partial charge in [-0.15, -0.1) is 0 Å². The van der Waals surface area contributed by atoms with E-state index in [4.69, 9.17) is 5.73 Å². The number of amides is 1. The standard InChI is InChI=1S/C17H25N3O/c18-16-9-5-11-20(17(16)21)15-8-4-10-19(13-15)12-14-6-2-1-3-7-14/h1-3,6-7,15-16H,4-5,8-13,18H2. The molecular weight excluding hydrogens is 262 g/mol. The van der Waals surface area contributed by atoms with Crippen LogP contribution in [0.5, 0.6) is 0 Å². The summed E-state index contributed by atoms with van der Waals surface area (Å²) >= 11 is 0. The van der Waals surface area contributed by atoms with Crippen LogP contribution >= 0.6 is 0 Å². The van der Waals surface area contributed by atoms with Gasteiger partial charge in [0, 0.05) is 25.7 Å². The number of hydrogen-bond donors (Lipinski definition) is 1. The molecule has 2 aliphatic heterocycles. The maximum atomic E-state index is 12.3. The number of piperidine rings is 2. The summed E-state index contributed by atoms with van der Waals surface area (Å²) < 4.78 is 0. The molecule has 3 rings (SSSR count). The molecule has 0 aliphatic carbocycles. The number of nitrogens with two attached hydrogens (primary N) is 1. The SMILES string of the molecule is NC1CCCN(C2CCCN(Cc3ccccc3)C2)C1=O. The minimum atomic E-state index is -0.275. The highest BCUT2D eigenvalue weighted by Crippen LogP contribution is 2.22. The minimum absolute atomic E-state index is 0.160. The summed E-state index contributed by atoms with van der Waals surface area (Å²) in [6.45, 7) is 3.97. The average molecular weight is 287 g/mol. The van der Waals surface area contributed by atoms with E-state index < -0.39 is 0 Å². The van der Waals surface area contributed by atoms with Crippen LogP contribution in [-0.2, 0) is 11.3 Å². The Bertz CT molecular complexity index is 476. The number of benzene rings is 1. The molecular formula is C17H25N3O. The summed E-state index contributed by atoms with van der Waals surface area (Å²) in [5.41, 5.74) is 7.28. The molecule has 1 aromatic carbocycles. The largest absolute Gasteiger partial charge is 0.337 e. The summed E-state index contributed by atoms with van der Waals surface area (Å²) in [5, 5.41) is 0. The van der Waals surface area contributed by atoms with Crippen LogP contribution in [0, 0.1) is 0 Å². The second kappa shape index (κ2) is 6.58. The van der Waals surface area contributed by atoms with E-state index in [1.807, 2.05) is 4.90 Å². The smallest absolute Gasteiger partial charge is 0.239 e. The third-order valence-electron chi connectivity index (χ3n) is 4.68. The summed E-state index contributed by atoms with van der Waals surface area (Å²) in [5.74, 6) is 0.160. The second-order valence-corrected chi connectivity index (χ2v) is 6.30. The molecule has 21 heavy (non-hydrogen) atoms. The average Bonchev–Trinajstić information content (AvgIpc) is 2.51. The van der Waals surface area contributed by atoms with Gasteiger partial charge in [0.05, 0.1) is 6.04 Å². The predicted octanol–water partition coefficient (Wildman–Crippen LogP) is 1.60. The van der Waals surface area contributed by atoms with E-state index in [0.29, 0.717) is 6.04 Å². The van der Waals surface area contributed by atoms with E-state index >= 15 is 0 Å². The molecule has 2 atom stereocenters. The zero-order valence-corrected chi connectivity index (χ0v) is 12.6. The van der Waals surface area contributed by atoms with Gasteiger partial charge in [0.15, 0.2) is 0 Å². The Labute approximate surface area is 126 Å². The Morgan fingerprint density at radius 1 is 1.10 bits per heavy atom. The first kappa shape index (κ1) is 14.5. The molecule has 0 saturated carbocycles. The molecule has 1 aromatic rings. The molecule has 0 bridgehead atoms. The molecule has 2 fully saturated rings. The molecule has 0 spiro atoms. The van der Waals surface area contributed by atoms with E-state index in [1.54, 1.807) is 0 Å². The van der Waals surface area contributed by atoms with Gasteiger partial charge in [0.1, 0.15) is 0 Å². The number of carbonyl (C=O) groups excluding carboxylic acids is 1. The predicted molar refractivity (Wildman–Crippen MR) is 83.7 cm³/mol. The summed E-state index contributed by atoms with van der Waals surface area (Å²) in [7, 11) is 0. The van der Waals surface area contributed by atoms with Gasteiger partial charge in [-0.2, -0.15) is 0 Å². The Morgan fingerprint density at radius 2 is 1.86 bits per heavy atom. The quantitative estimate of drug-likeness (QED) is 0.918. The molecule has 0 aromatic heterocycles. The molecule has 114 valence electrons. The Kier molecular flexibility index (Phi) is 4.56. The van der Waals surface area contributed by atoms with Gasteiger partial charge in [0.25, 0.3) is 0 Å². The van der Waals surface area contributed by atoms with Crippen LogP contribution in [-0.4, -0.2) is 47.4 Å². The molecule has 4 nitrogen and oxygen atoms in total. The molecule has 1 amide bonds. The lowest BCUT2D eigenvalue weighted by Gasteiger charge is -2.42. The van der Waals surface area contributed by atoms with Gasteiger partial charge in [-0.25, -0.2) is 0 Å². The molecule has 2 saturated heterocycles. The van der Waals surface area contributed by atoms with Crippen LogP contribution < -0.4 is 5.73 Å². The molecule has 2 N–H and O–H groups in total. The third-order valence-corrected chi connectivity index (χ3v) is 4.68. The van der Waals surface area contributed by atoms with Gasteiger partial charge >= 0.3 is 0 Å². The van der Waals surface area contributed by atoms with Gasteiger partial charge in [0.2, 0.25) is 5.91 Å². The Hall–Kier alpha value is -1.39. The second-order valence-electron chi connectivity index (χ2n) is 6.30. The molecule has 2 aliphatic rings. The van der Waals surface area contributed by atoms with Gasteiger partial charge in [-0.05, 0) is 37.8 Å². The zero-order valence-electron chi connectivity index (χ0n) is 12.6. The lowest BCUT2D eigenvalue weighted by atomic mass is 9.98. The van der Waals surface area contributed by atoms with Gasteiger partial charge in [-0.3, -0.25) is 9.69 Å². The van der Waals surface area contributed by atoms with Crippen molar-refractivity contribution in [2.75, 3.05) is 19.6 Å². The van der Waals surface area contributed by atoms with Crippen molar-refractivity contribution in [2.24, 2.45) is 5.73 Å². The highest BCUT2D eigenvalue weighted by atomic mass is 16.2. The first-order valence-corrected chi connectivity index (χ1v) is 8.06. The van der Waals surface area contributed by atoms with Crippen molar-refractivity contribution in [3.05, 3.63) is 35.9 Å². The Balaban J connectivity index is 1.61. The van der Waals surface area contributed by atoms with Crippen molar-refractivity contribution in [3.63, 3.8) is 0 Å². The van der Waals surface area contributed by atoms with Crippen LogP contribution in [0.1, 0.15) is 31.2 Å². The van der Waals surface area contributed by atoms with Crippen molar-refractivity contribution in [2.45, 2.75) is 44.3 Å². The summed E-state index contributed by atoms with van der Waals surface area (Å²) in [6, 6.07) is 10.6. The van der Waals surface area contributed by atoms with Crippen LogP contribution in [0.4, 0.5) is 0 Å². The molecule has 2 unspecified atom stereocenters. The first-order chi connectivity index (χ1) is 10.2. The van der Waals surface area contributed by atoms with Crippen LogP contribution in [0.15, 0.2) is 30.3 Å². The van der Waals surface area contributed by atoms with E-state index in [-0.39, 0.29) is 11.9 Å². The normalized spacial score (nSPS) is 27.9. The van der Waals surface area contributed by atoms with Crippen LogP contribution in [0.2, 0.25) is 0 Å². The third kappa shape index (κ3) is 3.44. The lowest BCUT2D eigenvalue weighted by Crippen LogP contribution is -2.56. The van der Waals surface area contributed by atoms with Gasteiger partial charge in [-0.1, -0.05) is 30.3 Å². The van der Waals surface area contributed by atoms with Crippen molar-refractivity contribution < 1.29 is 4.79 Å². The van der Waals surface area contributed by atoms with E-state index in [2.05, 4.69) is 35.2 Å². The fourth-order valence-corrected chi connectivity index (χ4v) is 3.56.